The first-order chi connectivity index (χ1) is 17.0. The van der Waals surface area contributed by atoms with Crippen LogP contribution in [0, 0.1) is 6.92 Å². The fraction of sp³-hybridized carbons (Fsp3) is 0.400. The van der Waals surface area contributed by atoms with Crippen molar-refractivity contribution in [1.29, 1.82) is 0 Å². The van der Waals surface area contributed by atoms with Gasteiger partial charge >= 0.3 is 0 Å². The van der Waals surface area contributed by atoms with Gasteiger partial charge in [-0.05, 0) is 44.4 Å². The summed E-state index contributed by atoms with van der Waals surface area (Å²) in [5.74, 6) is 1.36. The molecule has 35 heavy (non-hydrogen) atoms. The van der Waals surface area contributed by atoms with Crippen molar-refractivity contribution in [1.82, 2.24) is 19.4 Å². The summed E-state index contributed by atoms with van der Waals surface area (Å²) in [7, 11) is 0. The first kappa shape index (κ1) is 23.4. The molecule has 2 aliphatic heterocycles. The second-order valence-electron chi connectivity index (χ2n) is 8.80. The first-order valence-corrected chi connectivity index (χ1v) is 12.1. The molecule has 1 unspecified atom stereocenters. The lowest BCUT2D eigenvalue weighted by Gasteiger charge is -2.27. The molecular formula is C25H28ClN5O4. The van der Waals surface area contributed by atoms with Gasteiger partial charge in [0.25, 0.3) is 0 Å². The maximum absolute atomic E-state index is 12.5. The number of benzene rings is 1. The lowest BCUT2D eigenvalue weighted by molar-refractivity contribution is -0.126. The number of halogens is 1. The lowest BCUT2D eigenvalue weighted by Crippen LogP contribution is -2.34. The fourth-order valence-corrected chi connectivity index (χ4v) is 5.11. The normalized spacial score (nSPS) is 18.7. The Morgan fingerprint density at radius 1 is 1.34 bits per heavy atom. The van der Waals surface area contributed by atoms with E-state index in [-0.39, 0.29) is 11.9 Å². The minimum absolute atomic E-state index is 0.108. The molecule has 10 heteroatoms. The topological polar surface area (TPSA) is 102 Å². The van der Waals surface area contributed by atoms with Gasteiger partial charge < -0.3 is 29.4 Å². The number of carbonyl (C=O) groups excluding carboxylic acids is 1. The SMILES string of the molecule is C=CC(=O)N1CCCC[C@@H](n2c(NC(O)c3ccnc(C)c3)nc3cc4c(c(Cl)c32)OCCO4)C1. The number of pyridine rings is 1. The van der Waals surface area contributed by atoms with Crippen molar-refractivity contribution in [3.63, 3.8) is 0 Å². The van der Waals surface area contributed by atoms with E-state index in [0.29, 0.717) is 65.4 Å². The van der Waals surface area contributed by atoms with Gasteiger partial charge in [0.2, 0.25) is 11.9 Å². The van der Waals surface area contributed by atoms with Crippen LogP contribution in [-0.4, -0.2) is 56.8 Å². The number of hydrogen-bond donors (Lipinski definition) is 2. The van der Waals surface area contributed by atoms with Crippen LogP contribution in [0.4, 0.5) is 5.95 Å². The molecule has 9 nitrogen and oxygen atoms in total. The van der Waals surface area contributed by atoms with E-state index in [9.17, 15) is 9.90 Å². The van der Waals surface area contributed by atoms with Crippen LogP contribution in [0.2, 0.25) is 5.02 Å². The number of amides is 1. The van der Waals surface area contributed by atoms with Gasteiger partial charge in [-0.3, -0.25) is 9.78 Å². The van der Waals surface area contributed by atoms with Gasteiger partial charge in [-0.15, -0.1) is 0 Å². The molecule has 0 aliphatic carbocycles. The minimum atomic E-state index is -1.02. The average molecular weight is 498 g/mol. The van der Waals surface area contributed by atoms with Gasteiger partial charge in [0.1, 0.15) is 18.2 Å². The van der Waals surface area contributed by atoms with Crippen LogP contribution < -0.4 is 14.8 Å². The molecule has 0 saturated carbocycles. The van der Waals surface area contributed by atoms with Gasteiger partial charge in [0.05, 0.1) is 17.1 Å². The van der Waals surface area contributed by atoms with Crippen molar-refractivity contribution in [2.75, 3.05) is 31.6 Å². The maximum atomic E-state index is 12.5. The molecule has 2 atom stereocenters. The Labute approximate surface area is 208 Å². The number of aromatic nitrogens is 3. The molecule has 0 spiro atoms. The quantitative estimate of drug-likeness (QED) is 0.405. The number of likely N-dealkylation sites (tertiary alicyclic amines) is 1. The predicted molar refractivity (Wildman–Crippen MR) is 133 cm³/mol. The number of rotatable bonds is 5. The standard InChI is InChI=1S/C25H28ClN5O4/c1-3-20(32)30-9-5-4-6-17(14-30)31-22-18(13-19-23(21(22)26)35-11-10-34-19)28-25(31)29-24(33)16-7-8-27-15(2)12-16/h3,7-8,12-13,17,24,33H,1,4-6,9-11,14H2,2H3,(H,28,29)/t17-,24?/m1/s1. The number of carbonyl (C=O) groups is 1. The zero-order chi connectivity index (χ0) is 24.5. The van der Waals surface area contributed by atoms with E-state index < -0.39 is 6.23 Å². The molecule has 2 aliphatic rings. The monoisotopic (exact) mass is 497 g/mol. The molecule has 1 amide bonds. The Kier molecular flexibility index (Phi) is 6.53. The Bertz CT molecular complexity index is 1280. The van der Waals surface area contributed by atoms with Crippen LogP contribution in [0.1, 0.15) is 42.8 Å². The summed E-state index contributed by atoms with van der Waals surface area (Å²) in [6.45, 7) is 7.49. The van der Waals surface area contributed by atoms with E-state index in [2.05, 4.69) is 16.9 Å². The number of aliphatic hydroxyl groups is 1. The summed E-state index contributed by atoms with van der Waals surface area (Å²) in [6.07, 6.45) is 4.62. The Morgan fingerprint density at radius 3 is 2.97 bits per heavy atom. The van der Waals surface area contributed by atoms with E-state index in [4.69, 9.17) is 26.1 Å². The highest BCUT2D eigenvalue weighted by Crippen LogP contribution is 2.45. The maximum Gasteiger partial charge on any atom is 0.246 e. The van der Waals surface area contributed by atoms with E-state index in [1.807, 2.05) is 23.6 Å². The zero-order valence-electron chi connectivity index (χ0n) is 19.5. The summed E-state index contributed by atoms with van der Waals surface area (Å²) < 4.78 is 13.6. The first-order valence-electron chi connectivity index (χ1n) is 11.7. The highest BCUT2D eigenvalue weighted by molar-refractivity contribution is 6.37. The molecule has 2 N–H and O–H groups in total. The third-order valence-electron chi connectivity index (χ3n) is 6.42. The number of hydrogen-bond acceptors (Lipinski definition) is 7. The molecule has 0 bridgehead atoms. The summed E-state index contributed by atoms with van der Waals surface area (Å²) in [4.78, 5) is 23.3. The molecule has 4 heterocycles. The minimum Gasteiger partial charge on any atom is -0.486 e. The number of nitrogens with zero attached hydrogens (tertiary/aromatic N) is 4. The van der Waals surface area contributed by atoms with Gasteiger partial charge in [-0.2, -0.15) is 0 Å². The number of nitrogens with one attached hydrogen (secondary N) is 1. The number of fused-ring (bicyclic) bond motifs is 2. The lowest BCUT2D eigenvalue weighted by atomic mass is 10.1. The Morgan fingerprint density at radius 2 is 2.17 bits per heavy atom. The molecule has 2 aromatic heterocycles. The molecule has 0 radical (unpaired) electrons. The van der Waals surface area contributed by atoms with Crippen LogP contribution in [0.5, 0.6) is 11.5 Å². The van der Waals surface area contributed by atoms with Crippen molar-refractivity contribution >= 4 is 34.5 Å². The van der Waals surface area contributed by atoms with Gasteiger partial charge in [0, 0.05) is 36.6 Å². The average Bonchev–Trinajstić information content (AvgIpc) is 3.04. The third kappa shape index (κ3) is 4.53. The number of aryl methyl sites for hydroxylation is 1. The molecular weight excluding hydrogens is 470 g/mol. The smallest absolute Gasteiger partial charge is 0.246 e. The largest absolute Gasteiger partial charge is 0.486 e. The van der Waals surface area contributed by atoms with Gasteiger partial charge in [-0.25, -0.2) is 4.98 Å². The number of imidazole rings is 1. The van der Waals surface area contributed by atoms with Crippen molar-refractivity contribution in [2.24, 2.45) is 0 Å². The molecule has 5 rings (SSSR count). The van der Waals surface area contributed by atoms with E-state index in [1.165, 1.54) is 6.08 Å². The van der Waals surface area contributed by atoms with Gasteiger partial charge in [0.15, 0.2) is 17.7 Å². The van der Waals surface area contributed by atoms with Crippen LogP contribution in [0.3, 0.4) is 0 Å². The van der Waals surface area contributed by atoms with Crippen molar-refractivity contribution < 1.29 is 19.4 Å². The molecule has 184 valence electrons. The van der Waals surface area contributed by atoms with Gasteiger partial charge in [-0.1, -0.05) is 18.2 Å². The van der Waals surface area contributed by atoms with E-state index in [1.54, 1.807) is 17.2 Å². The number of aliphatic hydroxyl groups excluding tert-OH is 1. The van der Waals surface area contributed by atoms with Crippen molar-refractivity contribution in [3.05, 3.63) is 53.3 Å². The highest BCUT2D eigenvalue weighted by Gasteiger charge is 2.30. The Hall–Kier alpha value is -3.30. The van der Waals surface area contributed by atoms with E-state index >= 15 is 0 Å². The summed E-state index contributed by atoms with van der Waals surface area (Å²) in [5, 5.41) is 14.6. The molecule has 3 aromatic rings. The number of ether oxygens (including phenoxy) is 2. The highest BCUT2D eigenvalue weighted by atomic mass is 35.5. The summed E-state index contributed by atoms with van der Waals surface area (Å²) in [5.41, 5.74) is 2.75. The van der Waals surface area contributed by atoms with Crippen LogP contribution in [0.25, 0.3) is 11.0 Å². The van der Waals surface area contributed by atoms with Crippen LogP contribution in [-0.2, 0) is 4.79 Å². The van der Waals surface area contributed by atoms with Crippen molar-refractivity contribution in [2.45, 2.75) is 38.5 Å². The zero-order valence-corrected chi connectivity index (χ0v) is 20.3. The van der Waals surface area contributed by atoms with Crippen LogP contribution >= 0.6 is 11.6 Å². The fourth-order valence-electron chi connectivity index (χ4n) is 4.77. The second kappa shape index (κ2) is 9.75. The molecule has 1 saturated heterocycles. The number of anilines is 1. The molecule has 1 fully saturated rings. The Balaban J connectivity index is 1.62. The second-order valence-corrected chi connectivity index (χ2v) is 9.18. The predicted octanol–water partition coefficient (Wildman–Crippen LogP) is 4.01. The van der Waals surface area contributed by atoms with Crippen molar-refractivity contribution in [3.8, 4) is 11.5 Å². The summed E-state index contributed by atoms with van der Waals surface area (Å²) in [6, 6.07) is 5.25. The van der Waals surface area contributed by atoms with E-state index in [0.717, 1.165) is 25.0 Å². The van der Waals surface area contributed by atoms with Crippen LogP contribution in [0.15, 0.2) is 37.1 Å². The third-order valence-corrected chi connectivity index (χ3v) is 6.78. The molecule has 1 aromatic carbocycles. The summed E-state index contributed by atoms with van der Waals surface area (Å²) >= 11 is 6.88.